The molecule has 2 amide bonds. The topological polar surface area (TPSA) is 95.5 Å². The van der Waals surface area contributed by atoms with Gasteiger partial charge in [0.1, 0.15) is 0 Å². The van der Waals surface area contributed by atoms with E-state index in [4.69, 9.17) is 16.7 Å². The molecule has 22 heavy (non-hydrogen) atoms. The second kappa shape index (κ2) is 6.79. The van der Waals surface area contributed by atoms with Gasteiger partial charge in [0.25, 0.3) is 5.91 Å². The molecular weight excluding hydrogens is 308 g/mol. The molecule has 0 bridgehead atoms. The maximum Gasteiger partial charge on any atom is 0.306 e. The van der Waals surface area contributed by atoms with Gasteiger partial charge in [-0.3, -0.25) is 14.4 Å². The average molecular weight is 325 g/mol. The number of anilines is 1. The summed E-state index contributed by atoms with van der Waals surface area (Å²) in [6, 6.07) is 4.64. The number of nitrogens with one attached hydrogen (secondary N) is 2. The van der Waals surface area contributed by atoms with Crippen LogP contribution >= 0.6 is 11.6 Å². The molecule has 0 heterocycles. The summed E-state index contributed by atoms with van der Waals surface area (Å²) in [6.45, 7) is 0. The lowest BCUT2D eigenvalue weighted by molar-refractivity contribution is -0.141. The highest BCUT2D eigenvalue weighted by Crippen LogP contribution is 2.32. The zero-order valence-corrected chi connectivity index (χ0v) is 12.8. The van der Waals surface area contributed by atoms with Crippen molar-refractivity contribution in [2.75, 3.05) is 12.4 Å². The fourth-order valence-corrected chi connectivity index (χ4v) is 2.87. The predicted octanol–water partition coefficient (Wildman–Crippen LogP) is 2.14. The van der Waals surface area contributed by atoms with Crippen LogP contribution in [-0.4, -0.2) is 29.9 Å². The monoisotopic (exact) mass is 324 g/mol. The van der Waals surface area contributed by atoms with E-state index in [2.05, 4.69) is 10.6 Å². The van der Waals surface area contributed by atoms with Crippen LogP contribution in [0.15, 0.2) is 18.2 Å². The first-order valence-corrected chi connectivity index (χ1v) is 7.35. The third kappa shape index (κ3) is 3.57. The molecule has 7 heteroatoms. The first kappa shape index (κ1) is 16.3. The van der Waals surface area contributed by atoms with Gasteiger partial charge in [-0.25, -0.2) is 0 Å². The summed E-state index contributed by atoms with van der Waals surface area (Å²) in [5.41, 5.74) is 0.815. The lowest BCUT2D eigenvalue weighted by Crippen LogP contribution is -2.22. The summed E-state index contributed by atoms with van der Waals surface area (Å²) < 4.78 is 0. The molecule has 2 rings (SSSR count). The molecule has 0 spiro atoms. The van der Waals surface area contributed by atoms with Gasteiger partial charge in [0.05, 0.1) is 16.5 Å². The number of rotatable bonds is 4. The van der Waals surface area contributed by atoms with Crippen LogP contribution in [0.1, 0.15) is 29.6 Å². The third-order valence-electron chi connectivity index (χ3n) is 3.86. The van der Waals surface area contributed by atoms with E-state index in [9.17, 15) is 14.4 Å². The number of hydrogen-bond donors (Lipinski definition) is 3. The Hall–Kier alpha value is -2.08. The number of aliphatic carboxylic acids is 1. The molecule has 1 aromatic carbocycles. The molecule has 1 aromatic rings. The van der Waals surface area contributed by atoms with Gasteiger partial charge in [0.2, 0.25) is 5.91 Å². The SMILES string of the molecule is CNC(=O)c1ccc(NC(=O)[C@@H]2CC[C@H](C(=O)O)C2)cc1Cl. The molecule has 0 unspecified atom stereocenters. The van der Waals surface area contributed by atoms with Crippen molar-refractivity contribution in [3.8, 4) is 0 Å². The van der Waals surface area contributed by atoms with Crippen LogP contribution in [0.4, 0.5) is 5.69 Å². The van der Waals surface area contributed by atoms with Crippen molar-refractivity contribution in [2.24, 2.45) is 11.8 Å². The minimum Gasteiger partial charge on any atom is -0.481 e. The Balaban J connectivity index is 2.02. The Morgan fingerprint density at radius 3 is 2.45 bits per heavy atom. The fraction of sp³-hybridized carbons (Fsp3) is 0.400. The Morgan fingerprint density at radius 2 is 1.91 bits per heavy atom. The highest BCUT2D eigenvalue weighted by Gasteiger charge is 2.33. The van der Waals surface area contributed by atoms with Crippen LogP contribution in [0, 0.1) is 11.8 Å². The number of amides is 2. The van der Waals surface area contributed by atoms with E-state index in [-0.39, 0.29) is 22.8 Å². The summed E-state index contributed by atoms with van der Waals surface area (Å²) in [4.78, 5) is 34.6. The van der Waals surface area contributed by atoms with E-state index in [1.165, 1.54) is 19.2 Å². The molecule has 1 aliphatic carbocycles. The van der Waals surface area contributed by atoms with E-state index < -0.39 is 11.9 Å². The molecule has 1 saturated carbocycles. The van der Waals surface area contributed by atoms with E-state index in [1.807, 2.05) is 0 Å². The normalized spacial score (nSPS) is 20.5. The molecule has 6 nitrogen and oxygen atoms in total. The van der Waals surface area contributed by atoms with Gasteiger partial charge in [-0.15, -0.1) is 0 Å². The van der Waals surface area contributed by atoms with E-state index >= 15 is 0 Å². The molecule has 0 radical (unpaired) electrons. The van der Waals surface area contributed by atoms with Gasteiger partial charge >= 0.3 is 5.97 Å². The third-order valence-corrected chi connectivity index (χ3v) is 4.17. The number of halogens is 1. The van der Waals surface area contributed by atoms with Crippen LogP contribution in [0.2, 0.25) is 5.02 Å². The Morgan fingerprint density at radius 1 is 1.23 bits per heavy atom. The van der Waals surface area contributed by atoms with Crippen LogP contribution in [0.5, 0.6) is 0 Å². The number of hydrogen-bond acceptors (Lipinski definition) is 3. The summed E-state index contributed by atoms with van der Waals surface area (Å²) in [6.07, 6.45) is 1.43. The molecule has 0 saturated heterocycles. The van der Waals surface area contributed by atoms with Gasteiger partial charge in [-0.1, -0.05) is 11.6 Å². The van der Waals surface area contributed by atoms with Crippen molar-refractivity contribution in [1.29, 1.82) is 0 Å². The Bertz CT molecular complexity index is 618. The van der Waals surface area contributed by atoms with Gasteiger partial charge in [-0.2, -0.15) is 0 Å². The van der Waals surface area contributed by atoms with E-state index in [0.717, 1.165) is 0 Å². The zero-order valence-electron chi connectivity index (χ0n) is 12.1. The second-order valence-electron chi connectivity index (χ2n) is 5.31. The quantitative estimate of drug-likeness (QED) is 0.790. The van der Waals surface area contributed by atoms with Crippen molar-refractivity contribution >= 4 is 35.1 Å². The first-order chi connectivity index (χ1) is 10.4. The van der Waals surface area contributed by atoms with Gasteiger partial charge in [0, 0.05) is 18.7 Å². The highest BCUT2D eigenvalue weighted by atomic mass is 35.5. The minimum absolute atomic E-state index is 0.215. The molecule has 3 N–H and O–H groups in total. The maximum absolute atomic E-state index is 12.1. The van der Waals surface area contributed by atoms with Crippen molar-refractivity contribution < 1.29 is 19.5 Å². The molecule has 1 aliphatic rings. The highest BCUT2D eigenvalue weighted by molar-refractivity contribution is 6.34. The largest absolute Gasteiger partial charge is 0.481 e. The molecule has 1 fully saturated rings. The lowest BCUT2D eigenvalue weighted by Gasteiger charge is -2.12. The fourth-order valence-electron chi connectivity index (χ4n) is 2.60. The standard InChI is InChI=1S/C15H17ClN2O4/c1-17-14(20)11-5-4-10(7-12(11)16)18-13(19)8-2-3-9(6-8)15(21)22/h4-5,7-9H,2-3,6H2,1H3,(H,17,20)(H,18,19)(H,21,22)/t8-,9+/m1/s1. The second-order valence-corrected chi connectivity index (χ2v) is 5.72. The number of benzene rings is 1. The van der Waals surface area contributed by atoms with Crippen molar-refractivity contribution in [1.82, 2.24) is 5.32 Å². The number of carbonyl (C=O) groups excluding carboxylic acids is 2. The Kier molecular flexibility index (Phi) is 5.03. The van der Waals surface area contributed by atoms with Crippen molar-refractivity contribution in [3.05, 3.63) is 28.8 Å². The van der Waals surface area contributed by atoms with Crippen LogP contribution in [0.3, 0.4) is 0 Å². The summed E-state index contributed by atoms with van der Waals surface area (Å²) in [5, 5.41) is 14.4. The van der Waals surface area contributed by atoms with Crippen molar-refractivity contribution in [2.45, 2.75) is 19.3 Å². The summed E-state index contributed by atoms with van der Waals surface area (Å²) in [7, 11) is 1.51. The molecule has 118 valence electrons. The smallest absolute Gasteiger partial charge is 0.306 e. The molecule has 0 aromatic heterocycles. The van der Waals surface area contributed by atoms with E-state index in [0.29, 0.717) is 30.5 Å². The predicted molar refractivity (Wildman–Crippen MR) is 81.9 cm³/mol. The number of carbonyl (C=O) groups is 3. The summed E-state index contributed by atoms with van der Waals surface area (Å²) in [5.74, 6) is -2.13. The zero-order chi connectivity index (χ0) is 16.3. The van der Waals surface area contributed by atoms with Crippen LogP contribution in [0.25, 0.3) is 0 Å². The summed E-state index contributed by atoms with van der Waals surface area (Å²) >= 11 is 6.02. The molecule has 0 aliphatic heterocycles. The maximum atomic E-state index is 12.1. The lowest BCUT2D eigenvalue weighted by atomic mass is 10.0. The Labute approximate surface area is 132 Å². The number of carboxylic acid groups (broad SMARTS) is 1. The van der Waals surface area contributed by atoms with Gasteiger partial charge in [-0.05, 0) is 37.5 Å². The van der Waals surface area contributed by atoms with Crippen LogP contribution < -0.4 is 10.6 Å². The average Bonchev–Trinajstić information content (AvgIpc) is 2.97. The van der Waals surface area contributed by atoms with E-state index in [1.54, 1.807) is 6.07 Å². The molecule has 2 atom stereocenters. The van der Waals surface area contributed by atoms with Gasteiger partial charge in [0.15, 0.2) is 0 Å². The minimum atomic E-state index is -0.853. The van der Waals surface area contributed by atoms with Gasteiger partial charge < -0.3 is 15.7 Å². The van der Waals surface area contributed by atoms with Crippen molar-refractivity contribution in [3.63, 3.8) is 0 Å². The first-order valence-electron chi connectivity index (χ1n) is 6.97. The molecular formula is C15H17ClN2O4. The van der Waals surface area contributed by atoms with Crippen LogP contribution in [-0.2, 0) is 9.59 Å². The number of carboxylic acids is 1.